The summed E-state index contributed by atoms with van der Waals surface area (Å²) in [5.41, 5.74) is 2.91. The summed E-state index contributed by atoms with van der Waals surface area (Å²) in [4.78, 5) is 29.1. The van der Waals surface area contributed by atoms with Gasteiger partial charge in [-0.25, -0.2) is 8.42 Å². The summed E-state index contributed by atoms with van der Waals surface area (Å²) in [7, 11) is -4.15. The van der Waals surface area contributed by atoms with Crippen LogP contribution >= 0.6 is 11.6 Å². The molecule has 1 aliphatic carbocycles. The Balaban J connectivity index is 1.67. The van der Waals surface area contributed by atoms with Crippen LogP contribution in [0.15, 0.2) is 77.7 Å². The lowest BCUT2D eigenvalue weighted by molar-refractivity contribution is -0.139. The quantitative estimate of drug-likeness (QED) is 0.286. The molecule has 1 N–H and O–H groups in total. The number of benzene rings is 3. The van der Waals surface area contributed by atoms with Gasteiger partial charge in [-0.2, -0.15) is 0 Å². The van der Waals surface area contributed by atoms with Gasteiger partial charge < -0.3 is 10.2 Å². The van der Waals surface area contributed by atoms with Crippen LogP contribution in [0, 0.1) is 13.8 Å². The van der Waals surface area contributed by atoms with Crippen molar-refractivity contribution in [2.75, 3.05) is 17.4 Å². The second-order valence-electron chi connectivity index (χ2n) is 11.1. The first-order valence-corrected chi connectivity index (χ1v) is 16.4. The third-order valence-corrected chi connectivity index (χ3v) is 9.94. The Morgan fingerprint density at radius 3 is 2.29 bits per heavy atom. The topological polar surface area (TPSA) is 86.8 Å². The maximum absolute atomic E-state index is 14.1. The number of hydrogen-bond donors (Lipinski definition) is 1. The molecule has 0 saturated heterocycles. The fourth-order valence-electron chi connectivity index (χ4n) is 5.34. The molecule has 3 aromatic carbocycles. The van der Waals surface area contributed by atoms with Crippen LogP contribution in [0.5, 0.6) is 0 Å². The van der Waals surface area contributed by atoms with Gasteiger partial charge in [0.2, 0.25) is 11.8 Å². The fraction of sp³-hybridized carbons (Fsp3) is 0.394. The molecule has 0 unspecified atom stereocenters. The van der Waals surface area contributed by atoms with Gasteiger partial charge in [0.15, 0.2) is 0 Å². The molecule has 4 rings (SSSR count). The Hall–Kier alpha value is -3.36. The Bertz CT molecular complexity index is 1470. The van der Waals surface area contributed by atoms with Crippen molar-refractivity contribution in [2.24, 2.45) is 0 Å². The summed E-state index contributed by atoms with van der Waals surface area (Å²) in [6.45, 7) is 5.15. The van der Waals surface area contributed by atoms with Crippen molar-refractivity contribution in [1.29, 1.82) is 0 Å². The minimum Gasteiger partial charge on any atom is -0.352 e. The maximum atomic E-state index is 14.1. The van der Waals surface area contributed by atoms with E-state index in [1.54, 1.807) is 44.2 Å². The average molecular weight is 610 g/mol. The minimum atomic E-state index is -4.15. The van der Waals surface area contributed by atoms with Crippen LogP contribution < -0.4 is 9.62 Å². The molecule has 0 aromatic heterocycles. The zero-order chi connectivity index (χ0) is 30.3. The first-order chi connectivity index (χ1) is 20.1. The molecule has 2 amide bonds. The molecule has 1 atom stereocenters. The van der Waals surface area contributed by atoms with E-state index in [0.29, 0.717) is 22.7 Å². The zero-order valence-electron chi connectivity index (χ0n) is 24.6. The summed E-state index contributed by atoms with van der Waals surface area (Å²) in [5.74, 6) is -0.692. The molecule has 7 nitrogen and oxygen atoms in total. The van der Waals surface area contributed by atoms with E-state index in [9.17, 15) is 18.0 Å². The number of halogens is 1. The highest BCUT2D eigenvalue weighted by Crippen LogP contribution is 2.30. The van der Waals surface area contributed by atoms with Gasteiger partial charge in [0.25, 0.3) is 10.0 Å². The Kier molecular flexibility index (Phi) is 10.7. The summed E-state index contributed by atoms with van der Waals surface area (Å²) >= 11 is 6.31. The van der Waals surface area contributed by atoms with E-state index in [4.69, 9.17) is 11.6 Å². The lowest BCUT2D eigenvalue weighted by Crippen LogP contribution is -2.53. The molecule has 9 heteroatoms. The van der Waals surface area contributed by atoms with E-state index in [1.165, 1.54) is 17.0 Å². The van der Waals surface area contributed by atoms with E-state index in [2.05, 4.69) is 5.32 Å². The van der Waals surface area contributed by atoms with Crippen LogP contribution in [-0.2, 0) is 26.0 Å². The molecule has 0 radical (unpaired) electrons. The van der Waals surface area contributed by atoms with E-state index in [-0.39, 0.29) is 23.4 Å². The van der Waals surface area contributed by atoms with Crippen molar-refractivity contribution in [1.82, 2.24) is 10.2 Å². The molecule has 224 valence electrons. The minimum absolute atomic E-state index is 0.0687. The zero-order valence-corrected chi connectivity index (χ0v) is 26.1. The summed E-state index contributed by atoms with van der Waals surface area (Å²) < 4.78 is 29.2. The van der Waals surface area contributed by atoms with Crippen LogP contribution in [0.25, 0.3) is 0 Å². The van der Waals surface area contributed by atoms with Gasteiger partial charge in [-0.05, 0) is 75.4 Å². The highest BCUT2D eigenvalue weighted by Gasteiger charge is 2.33. The van der Waals surface area contributed by atoms with Gasteiger partial charge in [-0.3, -0.25) is 13.9 Å². The predicted octanol–water partition coefficient (Wildman–Crippen LogP) is 6.06. The lowest BCUT2D eigenvalue weighted by Gasteiger charge is -2.33. The highest BCUT2D eigenvalue weighted by atomic mass is 35.5. The molecule has 1 aliphatic rings. The molecule has 0 aliphatic heterocycles. The SMILES string of the molecule is Cc1ccc(S(=O)(=O)N(CC(=O)N(CCc2ccccc2)[C@@H](C)C(=O)NC2CCCCC2)c2cc(Cl)ccc2C)cc1. The molecule has 0 spiro atoms. The van der Waals surface area contributed by atoms with Gasteiger partial charge in [0.05, 0.1) is 10.6 Å². The van der Waals surface area contributed by atoms with E-state index in [1.807, 2.05) is 37.3 Å². The number of nitrogens with one attached hydrogen (secondary N) is 1. The highest BCUT2D eigenvalue weighted by molar-refractivity contribution is 7.92. The van der Waals surface area contributed by atoms with Crippen molar-refractivity contribution < 1.29 is 18.0 Å². The predicted molar refractivity (Wildman–Crippen MR) is 168 cm³/mol. The first-order valence-electron chi connectivity index (χ1n) is 14.6. The number of nitrogens with zero attached hydrogens (tertiary/aromatic N) is 2. The van der Waals surface area contributed by atoms with Gasteiger partial charge in [-0.15, -0.1) is 0 Å². The molecular weight excluding hydrogens is 570 g/mol. The standard InChI is InChI=1S/C33H40ClN3O4S/c1-24-14-18-30(19-15-24)42(40,41)37(31-22-28(34)17-16-25(31)2)23-32(38)36(21-20-27-10-6-4-7-11-27)26(3)33(39)35-29-12-8-5-9-13-29/h4,6-7,10-11,14-19,22,26,29H,5,8-9,12-13,20-21,23H2,1-3H3,(H,35,39)/t26-/m0/s1. The maximum Gasteiger partial charge on any atom is 0.264 e. The van der Waals surface area contributed by atoms with Crippen LogP contribution in [-0.4, -0.2) is 50.3 Å². The number of amides is 2. The Morgan fingerprint density at radius 1 is 0.952 bits per heavy atom. The number of rotatable bonds is 11. The third kappa shape index (κ3) is 7.92. The lowest BCUT2D eigenvalue weighted by atomic mass is 9.95. The van der Waals surface area contributed by atoms with Gasteiger partial charge in [-0.1, -0.05) is 85.0 Å². The van der Waals surface area contributed by atoms with Crippen molar-refractivity contribution in [3.8, 4) is 0 Å². The average Bonchev–Trinajstić information content (AvgIpc) is 2.98. The largest absolute Gasteiger partial charge is 0.352 e. The second kappa shape index (κ2) is 14.2. The van der Waals surface area contributed by atoms with Crippen LogP contribution in [0.3, 0.4) is 0 Å². The molecule has 3 aromatic rings. The number of carbonyl (C=O) groups excluding carboxylic acids is 2. The molecule has 42 heavy (non-hydrogen) atoms. The smallest absolute Gasteiger partial charge is 0.264 e. The molecule has 1 saturated carbocycles. The monoisotopic (exact) mass is 609 g/mol. The number of hydrogen-bond acceptors (Lipinski definition) is 4. The van der Waals surface area contributed by atoms with Crippen molar-refractivity contribution in [3.05, 3.63) is 94.5 Å². The number of carbonyl (C=O) groups is 2. The number of aryl methyl sites for hydroxylation is 2. The number of sulfonamides is 1. The van der Waals surface area contributed by atoms with Crippen LogP contribution in [0.4, 0.5) is 5.69 Å². The van der Waals surface area contributed by atoms with E-state index in [0.717, 1.165) is 47.5 Å². The van der Waals surface area contributed by atoms with E-state index < -0.39 is 28.5 Å². The molecule has 0 bridgehead atoms. The second-order valence-corrected chi connectivity index (χ2v) is 13.4. The van der Waals surface area contributed by atoms with Crippen molar-refractivity contribution in [3.63, 3.8) is 0 Å². The van der Waals surface area contributed by atoms with Gasteiger partial charge in [0.1, 0.15) is 12.6 Å². The van der Waals surface area contributed by atoms with E-state index >= 15 is 0 Å². The molecule has 0 heterocycles. The van der Waals surface area contributed by atoms with Crippen molar-refractivity contribution in [2.45, 2.75) is 76.3 Å². The van der Waals surface area contributed by atoms with Gasteiger partial charge in [0, 0.05) is 17.6 Å². The normalized spacial score (nSPS) is 14.7. The van der Waals surface area contributed by atoms with Crippen LogP contribution in [0.1, 0.15) is 55.7 Å². The molecular formula is C33H40ClN3O4S. The summed E-state index contributed by atoms with van der Waals surface area (Å²) in [5, 5.41) is 3.49. The van der Waals surface area contributed by atoms with Crippen LogP contribution in [0.2, 0.25) is 5.02 Å². The summed E-state index contributed by atoms with van der Waals surface area (Å²) in [6.07, 6.45) is 5.67. The van der Waals surface area contributed by atoms with Crippen molar-refractivity contribution >= 4 is 39.1 Å². The summed E-state index contributed by atoms with van der Waals surface area (Å²) in [6, 6.07) is 20.5. The first kappa shape index (κ1) is 31.6. The molecule has 1 fully saturated rings. The number of anilines is 1. The third-order valence-electron chi connectivity index (χ3n) is 7.93. The van der Waals surface area contributed by atoms with Gasteiger partial charge >= 0.3 is 0 Å². The fourth-order valence-corrected chi connectivity index (χ4v) is 6.98. The Labute approximate surface area is 254 Å². The Morgan fingerprint density at radius 2 is 1.62 bits per heavy atom.